The Morgan fingerprint density at radius 3 is 2.74 bits per heavy atom. The average Bonchev–Trinajstić information content (AvgIpc) is 2.41. The van der Waals surface area contributed by atoms with Gasteiger partial charge in [0.25, 0.3) is 11.5 Å². The minimum absolute atomic E-state index is 0.217. The number of unbranched alkanes of at least 4 members (excludes halogenated alkanes) is 1. The van der Waals surface area contributed by atoms with E-state index >= 15 is 0 Å². The van der Waals surface area contributed by atoms with E-state index in [4.69, 9.17) is 0 Å². The van der Waals surface area contributed by atoms with E-state index < -0.39 is 0 Å². The van der Waals surface area contributed by atoms with Gasteiger partial charge < -0.3 is 5.32 Å². The Hall–Kier alpha value is -1.65. The average molecular weight is 265 g/mol. The molecule has 1 N–H and O–H groups in total. The molecule has 1 amide bonds. The third kappa shape index (κ3) is 4.85. The standard InChI is InChI=1S/C14H23N3O2/c1-4-6-7-11(5-2)10-15-14(19)12-8-9-13(18)17(3)16-12/h8-9,11H,4-7,10H2,1-3H3,(H,15,19). The maximum absolute atomic E-state index is 11.9. The summed E-state index contributed by atoms with van der Waals surface area (Å²) in [6, 6.07) is 2.82. The van der Waals surface area contributed by atoms with Crippen LogP contribution in [-0.4, -0.2) is 22.2 Å². The summed E-state index contributed by atoms with van der Waals surface area (Å²) in [5.41, 5.74) is 0.0679. The van der Waals surface area contributed by atoms with E-state index in [0.717, 1.165) is 12.8 Å². The Kier molecular flexibility index (Phi) is 6.25. The molecule has 0 radical (unpaired) electrons. The van der Waals surface area contributed by atoms with E-state index in [-0.39, 0.29) is 17.2 Å². The number of rotatable bonds is 7. The minimum Gasteiger partial charge on any atom is -0.350 e. The highest BCUT2D eigenvalue weighted by Crippen LogP contribution is 2.11. The summed E-state index contributed by atoms with van der Waals surface area (Å²) in [4.78, 5) is 23.1. The number of amides is 1. The molecule has 0 saturated carbocycles. The number of nitrogens with one attached hydrogen (secondary N) is 1. The van der Waals surface area contributed by atoms with Crippen LogP contribution in [-0.2, 0) is 7.05 Å². The van der Waals surface area contributed by atoms with Crippen LogP contribution >= 0.6 is 0 Å². The Bertz CT molecular complexity index is 468. The zero-order chi connectivity index (χ0) is 14.3. The normalized spacial score (nSPS) is 12.2. The van der Waals surface area contributed by atoms with Gasteiger partial charge in [-0.1, -0.05) is 33.1 Å². The number of carbonyl (C=O) groups is 1. The number of aryl methyl sites for hydroxylation is 1. The first kappa shape index (κ1) is 15.4. The second-order valence-corrected chi connectivity index (χ2v) is 4.81. The molecule has 0 aliphatic heterocycles. The molecule has 0 aliphatic carbocycles. The van der Waals surface area contributed by atoms with E-state index in [2.05, 4.69) is 24.3 Å². The molecule has 0 fully saturated rings. The first-order chi connectivity index (χ1) is 9.08. The maximum atomic E-state index is 11.9. The van der Waals surface area contributed by atoms with Crippen LogP contribution in [0.15, 0.2) is 16.9 Å². The summed E-state index contributed by atoms with van der Waals surface area (Å²) < 4.78 is 1.17. The molecule has 5 heteroatoms. The lowest BCUT2D eigenvalue weighted by Crippen LogP contribution is -2.31. The molecule has 1 rings (SSSR count). The predicted octanol–water partition coefficient (Wildman–Crippen LogP) is 1.73. The smallest absolute Gasteiger partial charge is 0.271 e. The van der Waals surface area contributed by atoms with Crippen LogP contribution in [0.25, 0.3) is 0 Å². The van der Waals surface area contributed by atoms with Gasteiger partial charge in [0.05, 0.1) is 0 Å². The van der Waals surface area contributed by atoms with Crippen molar-refractivity contribution in [2.75, 3.05) is 6.54 Å². The molecule has 5 nitrogen and oxygen atoms in total. The van der Waals surface area contributed by atoms with Crippen molar-refractivity contribution in [2.24, 2.45) is 13.0 Å². The van der Waals surface area contributed by atoms with Crippen LogP contribution in [0.1, 0.15) is 50.0 Å². The highest BCUT2D eigenvalue weighted by molar-refractivity contribution is 5.91. The van der Waals surface area contributed by atoms with Gasteiger partial charge in [-0.3, -0.25) is 9.59 Å². The summed E-state index contributed by atoms with van der Waals surface area (Å²) in [5.74, 6) is 0.294. The van der Waals surface area contributed by atoms with Crippen LogP contribution in [0.3, 0.4) is 0 Å². The monoisotopic (exact) mass is 265 g/mol. The lowest BCUT2D eigenvalue weighted by Gasteiger charge is -2.15. The molecule has 0 aliphatic rings. The summed E-state index contributed by atoms with van der Waals surface area (Å²) in [6.07, 6.45) is 4.55. The van der Waals surface area contributed by atoms with Gasteiger partial charge >= 0.3 is 0 Å². The first-order valence-electron chi connectivity index (χ1n) is 6.91. The van der Waals surface area contributed by atoms with E-state index in [1.165, 1.54) is 36.7 Å². The van der Waals surface area contributed by atoms with Gasteiger partial charge in [-0.2, -0.15) is 5.10 Å². The third-order valence-corrected chi connectivity index (χ3v) is 3.29. The van der Waals surface area contributed by atoms with Crippen molar-refractivity contribution in [3.05, 3.63) is 28.2 Å². The second kappa shape index (κ2) is 7.71. The van der Waals surface area contributed by atoms with Crippen LogP contribution in [0.2, 0.25) is 0 Å². The van der Waals surface area contributed by atoms with Crippen molar-refractivity contribution in [2.45, 2.75) is 39.5 Å². The van der Waals surface area contributed by atoms with Crippen molar-refractivity contribution >= 4 is 5.91 Å². The highest BCUT2D eigenvalue weighted by atomic mass is 16.2. The molecule has 106 valence electrons. The molecule has 1 aromatic heterocycles. The van der Waals surface area contributed by atoms with E-state index in [1.807, 2.05) is 0 Å². The fourth-order valence-corrected chi connectivity index (χ4v) is 1.89. The van der Waals surface area contributed by atoms with Gasteiger partial charge in [0.2, 0.25) is 0 Å². The summed E-state index contributed by atoms with van der Waals surface area (Å²) in [7, 11) is 1.54. The molecule has 1 unspecified atom stereocenters. The summed E-state index contributed by atoms with van der Waals surface area (Å²) in [6.45, 7) is 4.97. The topological polar surface area (TPSA) is 64.0 Å². The minimum atomic E-state index is -0.217. The van der Waals surface area contributed by atoms with Crippen molar-refractivity contribution < 1.29 is 4.79 Å². The maximum Gasteiger partial charge on any atom is 0.271 e. The zero-order valence-corrected chi connectivity index (χ0v) is 12.0. The van der Waals surface area contributed by atoms with Crippen molar-refractivity contribution in [1.82, 2.24) is 15.1 Å². The molecule has 0 bridgehead atoms. The SMILES string of the molecule is CCCCC(CC)CNC(=O)c1ccc(=O)n(C)n1. The van der Waals surface area contributed by atoms with Gasteiger partial charge in [0.15, 0.2) is 0 Å². The first-order valence-corrected chi connectivity index (χ1v) is 6.91. The molecular weight excluding hydrogens is 242 g/mol. The second-order valence-electron chi connectivity index (χ2n) is 4.81. The number of hydrogen-bond donors (Lipinski definition) is 1. The lowest BCUT2D eigenvalue weighted by molar-refractivity contribution is 0.0938. The van der Waals surface area contributed by atoms with Gasteiger partial charge in [-0.15, -0.1) is 0 Å². The quantitative estimate of drug-likeness (QED) is 0.816. The van der Waals surface area contributed by atoms with Gasteiger partial charge in [0.1, 0.15) is 5.69 Å². The largest absolute Gasteiger partial charge is 0.350 e. The van der Waals surface area contributed by atoms with Crippen molar-refractivity contribution in [1.29, 1.82) is 0 Å². The molecule has 0 spiro atoms. The van der Waals surface area contributed by atoms with E-state index in [1.54, 1.807) is 0 Å². The molecule has 0 aromatic carbocycles. The van der Waals surface area contributed by atoms with Crippen LogP contribution in [0.5, 0.6) is 0 Å². The van der Waals surface area contributed by atoms with Crippen LogP contribution in [0.4, 0.5) is 0 Å². The number of nitrogens with zero attached hydrogens (tertiary/aromatic N) is 2. The number of aromatic nitrogens is 2. The molecule has 1 atom stereocenters. The Balaban J connectivity index is 2.54. The van der Waals surface area contributed by atoms with Gasteiger partial charge in [-0.25, -0.2) is 4.68 Å². The molecule has 0 saturated heterocycles. The molecule has 19 heavy (non-hydrogen) atoms. The Morgan fingerprint density at radius 2 is 2.16 bits per heavy atom. The lowest BCUT2D eigenvalue weighted by atomic mass is 9.99. The van der Waals surface area contributed by atoms with Crippen molar-refractivity contribution in [3.8, 4) is 0 Å². The Labute approximate surface area is 114 Å². The van der Waals surface area contributed by atoms with E-state index in [0.29, 0.717) is 12.5 Å². The molecular formula is C14H23N3O2. The third-order valence-electron chi connectivity index (χ3n) is 3.29. The molecule has 1 aromatic rings. The predicted molar refractivity (Wildman–Crippen MR) is 75.1 cm³/mol. The fraction of sp³-hybridized carbons (Fsp3) is 0.643. The van der Waals surface area contributed by atoms with Gasteiger partial charge in [-0.05, 0) is 18.4 Å². The summed E-state index contributed by atoms with van der Waals surface area (Å²) >= 11 is 0. The van der Waals surface area contributed by atoms with Crippen LogP contribution in [0, 0.1) is 5.92 Å². The van der Waals surface area contributed by atoms with E-state index in [9.17, 15) is 9.59 Å². The number of carbonyl (C=O) groups excluding carboxylic acids is 1. The zero-order valence-electron chi connectivity index (χ0n) is 12.0. The number of hydrogen-bond acceptors (Lipinski definition) is 3. The fourth-order valence-electron chi connectivity index (χ4n) is 1.89. The van der Waals surface area contributed by atoms with Crippen molar-refractivity contribution in [3.63, 3.8) is 0 Å². The highest BCUT2D eigenvalue weighted by Gasteiger charge is 2.11. The Morgan fingerprint density at radius 1 is 1.42 bits per heavy atom. The van der Waals surface area contributed by atoms with Crippen LogP contribution < -0.4 is 10.9 Å². The molecule has 1 heterocycles. The summed E-state index contributed by atoms with van der Waals surface area (Å²) in [5, 5.41) is 6.82. The van der Waals surface area contributed by atoms with Gasteiger partial charge in [0, 0.05) is 19.7 Å².